The minimum absolute atomic E-state index is 0. The maximum absolute atomic E-state index is 12.6. The summed E-state index contributed by atoms with van der Waals surface area (Å²) in [5.74, 6) is 1.35. The number of halogens is 1. The molecular formula is C18H27ClN4O2S2. The van der Waals surface area contributed by atoms with E-state index >= 15 is 0 Å². The Bertz CT molecular complexity index is 859. The molecule has 9 heteroatoms. The molecular weight excluding hydrogens is 404 g/mol. The fourth-order valence-electron chi connectivity index (χ4n) is 3.29. The SMILES string of the molecule is CNC1CCN(C(=O)C(C)SCc2nc3sc(C)c(C)c3c(=O)[nH]2)CC1.Cl. The third-order valence-electron chi connectivity index (χ3n) is 5.12. The van der Waals surface area contributed by atoms with Crippen molar-refractivity contribution in [3.05, 3.63) is 26.6 Å². The number of nitrogens with zero attached hydrogens (tertiary/aromatic N) is 2. The van der Waals surface area contributed by atoms with Crippen LogP contribution in [0.3, 0.4) is 0 Å². The van der Waals surface area contributed by atoms with Gasteiger partial charge in [-0.15, -0.1) is 35.5 Å². The van der Waals surface area contributed by atoms with Crippen molar-refractivity contribution in [3.63, 3.8) is 0 Å². The van der Waals surface area contributed by atoms with E-state index in [1.54, 1.807) is 11.3 Å². The first kappa shape index (κ1) is 22.2. The van der Waals surface area contributed by atoms with E-state index in [1.807, 2.05) is 32.7 Å². The number of piperidine rings is 1. The lowest BCUT2D eigenvalue weighted by molar-refractivity contribution is -0.131. The van der Waals surface area contributed by atoms with Gasteiger partial charge in [-0.3, -0.25) is 9.59 Å². The number of aromatic amines is 1. The number of fused-ring (bicyclic) bond motifs is 1. The minimum Gasteiger partial charge on any atom is -0.342 e. The number of carbonyl (C=O) groups is 1. The van der Waals surface area contributed by atoms with Crippen LogP contribution in [-0.2, 0) is 10.5 Å². The molecule has 0 radical (unpaired) electrons. The first-order chi connectivity index (χ1) is 12.4. The van der Waals surface area contributed by atoms with Gasteiger partial charge in [0.05, 0.1) is 16.4 Å². The van der Waals surface area contributed by atoms with Gasteiger partial charge in [0.2, 0.25) is 5.91 Å². The summed E-state index contributed by atoms with van der Waals surface area (Å²) < 4.78 is 0. The standard InChI is InChI=1S/C18H26N4O2S2.ClH/c1-10-11(2)26-17-15(10)16(23)20-14(21-17)9-25-12(3)18(24)22-7-5-13(19-4)6-8-22;/h12-13,19H,5-9H2,1-4H3,(H,20,21,23);1H. The van der Waals surface area contributed by atoms with E-state index in [1.165, 1.54) is 11.8 Å². The molecule has 2 N–H and O–H groups in total. The number of thioether (sulfide) groups is 1. The highest BCUT2D eigenvalue weighted by Gasteiger charge is 2.25. The van der Waals surface area contributed by atoms with E-state index in [0.717, 1.165) is 41.2 Å². The number of aryl methyl sites for hydroxylation is 2. The van der Waals surface area contributed by atoms with Crippen LogP contribution in [0.1, 0.15) is 36.0 Å². The van der Waals surface area contributed by atoms with Gasteiger partial charge in [-0.05, 0) is 46.2 Å². The van der Waals surface area contributed by atoms with Crippen molar-refractivity contribution in [1.82, 2.24) is 20.2 Å². The molecule has 6 nitrogen and oxygen atoms in total. The van der Waals surface area contributed by atoms with Gasteiger partial charge in [0.1, 0.15) is 10.7 Å². The number of thiophene rings is 1. The second-order valence-electron chi connectivity index (χ2n) is 6.82. The third kappa shape index (κ3) is 4.85. The van der Waals surface area contributed by atoms with Crippen molar-refractivity contribution in [2.24, 2.45) is 0 Å². The number of aromatic nitrogens is 2. The van der Waals surface area contributed by atoms with Gasteiger partial charge in [0.25, 0.3) is 5.56 Å². The molecule has 1 amide bonds. The van der Waals surface area contributed by atoms with Crippen LogP contribution in [0.5, 0.6) is 0 Å². The molecule has 27 heavy (non-hydrogen) atoms. The summed E-state index contributed by atoms with van der Waals surface area (Å²) in [5.41, 5.74) is 0.923. The fraction of sp³-hybridized carbons (Fsp3) is 0.611. The molecule has 1 atom stereocenters. The van der Waals surface area contributed by atoms with E-state index < -0.39 is 0 Å². The Kier molecular flexibility index (Phi) is 7.73. The number of carbonyl (C=O) groups excluding carboxylic acids is 1. The first-order valence-electron chi connectivity index (χ1n) is 8.97. The summed E-state index contributed by atoms with van der Waals surface area (Å²) in [7, 11) is 1.97. The maximum atomic E-state index is 12.6. The summed E-state index contributed by atoms with van der Waals surface area (Å²) >= 11 is 3.08. The number of amides is 1. The molecule has 1 saturated heterocycles. The van der Waals surface area contributed by atoms with Crippen LogP contribution in [0.4, 0.5) is 0 Å². The summed E-state index contributed by atoms with van der Waals surface area (Å²) in [4.78, 5) is 36.3. The van der Waals surface area contributed by atoms with Gasteiger partial charge in [-0.1, -0.05) is 0 Å². The quantitative estimate of drug-likeness (QED) is 0.762. The highest BCUT2D eigenvalue weighted by Crippen LogP contribution is 2.27. The van der Waals surface area contributed by atoms with Crippen LogP contribution in [-0.4, -0.2) is 52.2 Å². The molecule has 0 saturated carbocycles. The summed E-state index contributed by atoms with van der Waals surface area (Å²) in [6, 6.07) is 0.515. The number of hydrogen-bond donors (Lipinski definition) is 2. The third-order valence-corrected chi connectivity index (χ3v) is 7.36. The van der Waals surface area contributed by atoms with Gasteiger partial charge >= 0.3 is 0 Å². The van der Waals surface area contributed by atoms with Crippen LogP contribution in [0, 0.1) is 13.8 Å². The zero-order valence-electron chi connectivity index (χ0n) is 16.1. The van der Waals surface area contributed by atoms with Crippen molar-refractivity contribution in [2.75, 3.05) is 20.1 Å². The van der Waals surface area contributed by atoms with Gasteiger partial charge < -0.3 is 15.2 Å². The predicted molar refractivity (Wildman–Crippen MR) is 116 cm³/mol. The second-order valence-corrected chi connectivity index (χ2v) is 9.35. The van der Waals surface area contributed by atoms with Gasteiger partial charge in [0, 0.05) is 24.0 Å². The molecule has 1 aliphatic heterocycles. The van der Waals surface area contributed by atoms with Crippen LogP contribution >= 0.6 is 35.5 Å². The number of hydrogen-bond acceptors (Lipinski definition) is 6. The van der Waals surface area contributed by atoms with Crippen molar-refractivity contribution >= 4 is 51.6 Å². The van der Waals surface area contributed by atoms with E-state index in [9.17, 15) is 9.59 Å². The fourth-order valence-corrected chi connectivity index (χ4v) is 5.17. The summed E-state index contributed by atoms with van der Waals surface area (Å²) in [6.45, 7) is 7.52. The molecule has 2 aromatic rings. The highest BCUT2D eigenvalue weighted by molar-refractivity contribution is 7.99. The van der Waals surface area contributed by atoms with Crippen LogP contribution in [0.2, 0.25) is 0 Å². The Morgan fingerprint density at radius 3 is 2.70 bits per heavy atom. The van der Waals surface area contributed by atoms with Crippen molar-refractivity contribution in [1.29, 1.82) is 0 Å². The molecule has 3 rings (SSSR count). The Balaban J connectivity index is 0.00000261. The lowest BCUT2D eigenvalue weighted by Crippen LogP contribution is -2.46. The van der Waals surface area contributed by atoms with Crippen LogP contribution < -0.4 is 10.9 Å². The number of nitrogens with one attached hydrogen (secondary N) is 2. The Morgan fingerprint density at radius 1 is 1.41 bits per heavy atom. The average Bonchev–Trinajstić information content (AvgIpc) is 2.93. The zero-order valence-corrected chi connectivity index (χ0v) is 18.6. The van der Waals surface area contributed by atoms with Crippen LogP contribution in [0.25, 0.3) is 10.2 Å². The Morgan fingerprint density at radius 2 is 2.07 bits per heavy atom. The highest BCUT2D eigenvalue weighted by atomic mass is 35.5. The second kappa shape index (κ2) is 9.41. The molecule has 0 bridgehead atoms. The summed E-state index contributed by atoms with van der Waals surface area (Å²) in [5, 5.41) is 3.83. The molecule has 1 unspecified atom stereocenters. The molecule has 2 aromatic heterocycles. The number of rotatable bonds is 5. The zero-order chi connectivity index (χ0) is 18.8. The number of likely N-dealkylation sites (tertiary alicyclic amines) is 1. The Labute approximate surface area is 173 Å². The average molecular weight is 431 g/mol. The normalized spacial score (nSPS) is 16.4. The topological polar surface area (TPSA) is 78.1 Å². The molecule has 3 heterocycles. The van der Waals surface area contributed by atoms with E-state index in [-0.39, 0.29) is 29.1 Å². The molecule has 1 aliphatic rings. The monoisotopic (exact) mass is 430 g/mol. The molecule has 0 aromatic carbocycles. The van der Waals surface area contributed by atoms with Gasteiger partial charge in [-0.2, -0.15) is 0 Å². The van der Waals surface area contributed by atoms with Gasteiger partial charge in [-0.25, -0.2) is 4.98 Å². The smallest absolute Gasteiger partial charge is 0.259 e. The van der Waals surface area contributed by atoms with Crippen molar-refractivity contribution in [2.45, 2.75) is 50.7 Å². The van der Waals surface area contributed by atoms with E-state index in [2.05, 4.69) is 15.3 Å². The Hall–Kier alpha value is -1.09. The predicted octanol–water partition coefficient (Wildman–Crippen LogP) is 2.86. The minimum atomic E-state index is -0.144. The summed E-state index contributed by atoms with van der Waals surface area (Å²) in [6.07, 6.45) is 2.00. The van der Waals surface area contributed by atoms with Gasteiger partial charge in [0.15, 0.2) is 0 Å². The maximum Gasteiger partial charge on any atom is 0.259 e. The lowest BCUT2D eigenvalue weighted by Gasteiger charge is -2.33. The molecule has 0 spiro atoms. The largest absolute Gasteiger partial charge is 0.342 e. The molecule has 0 aliphatic carbocycles. The van der Waals surface area contributed by atoms with Crippen molar-refractivity contribution < 1.29 is 4.79 Å². The molecule has 150 valence electrons. The van der Waals surface area contributed by atoms with E-state index in [4.69, 9.17) is 0 Å². The van der Waals surface area contributed by atoms with Crippen LogP contribution in [0.15, 0.2) is 4.79 Å². The lowest BCUT2D eigenvalue weighted by atomic mass is 10.1. The number of H-pyrrole nitrogens is 1. The van der Waals surface area contributed by atoms with Crippen molar-refractivity contribution in [3.8, 4) is 0 Å². The molecule has 1 fully saturated rings. The van der Waals surface area contributed by atoms with E-state index in [0.29, 0.717) is 23.0 Å². The first-order valence-corrected chi connectivity index (χ1v) is 10.8.